The number of ether oxygens (including phenoxy) is 2. The Bertz CT molecular complexity index is 356. The van der Waals surface area contributed by atoms with Crippen LogP contribution in [0.3, 0.4) is 0 Å². The minimum atomic E-state index is -0.510. The minimum absolute atomic E-state index is 0.223. The maximum atomic E-state index is 11.9. The summed E-state index contributed by atoms with van der Waals surface area (Å²) in [4.78, 5) is 25.4. The molecule has 6 heteroatoms. The van der Waals surface area contributed by atoms with Crippen molar-refractivity contribution in [3.8, 4) is 0 Å². The van der Waals surface area contributed by atoms with Gasteiger partial charge in [-0.15, -0.1) is 0 Å². The highest BCUT2D eigenvalue weighted by Crippen LogP contribution is 2.08. The molecular formula is C16H32N2O4. The molecule has 0 aliphatic rings. The number of esters is 1. The average molecular weight is 316 g/mol. The molecule has 0 atom stereocenters. The summed E-state index contributed by atoms with van der Waals surface area (Å²) < 4.78 is 10.5. The number of hydrogen-bond donors (Lipinski definition) is 1. The molecule has 6 nitrogen and oxygen atoms in total. The highest BCUT2D eigenvalue weighted by molar-refractivity contribution is 5.72. The number of hydrogen-bond acceptors (Lipinski definition) is 5. The highest BCUT2D eigenvalue weighted by atomic mass is 16.6. The van der Waals surface area contributed by atoms with Crippen LogP contribution in [0.25, 0.3) is 0 Å². The molecule has 0 saturated heterocycles. The van der Waals surface area contributed by atoms with Gasteiger partial charge in [0.15, 0.2) is 0 Å². The van der Waals surface area contributed by atoms with E-state index in [2.05, 4.69) is 5.32 Å². The molecule has 130 valence electrons. The van der Waals surface area contributed by atoms with Crippen LogP contribution in [0.1, 0.15) is 54.9 Å². The summed E-state index contributed by atoms with van der Waals surface area (Å²) in [5.41, 5.74) is -0.993. The van der Waals surface area contributed by atoms with Gasteiger partial charge in [-0.25, -0.2) is 4.79 Å². The Hall–Kier alpha value is -1.30. The third-order valence-corrected chi connectivity index (χ3v) is 2.41. The molecule has 0 unspecified atom stereocenters. The van der Waals surface area contributed by atoms with Crippen molar-refractivity contribution in [1.29, 1.82) is 0 Å². The second-order valence-corrected chi connectivity index (χ2v) is 7.29. The first kappa shape index (κ1) is 20.7. The summed E-state index contributed by atoms with van der Waals surface area (Å²) in [6.07, 6.45) is 0.483. The average Bonchev–Trinajstić information content (AvgIpc) is 2.23. The van der Waals surface area contributed by atoms with Gasteiger partial charge in [0.05, 0.1) is 6.54 Å². The minimum Gasteiger partial charge on any atom is -0.459 e. The summed E-state index contributed by atoms with van der Waals surface area (Å²) in [5, 5.41) is 2.69. The standard InChI is InChI=1S/C16H32N2O4/c1-8-10-18(12-13(19)21-15(2,3)4)11-9-17-14(20)22-16(5,6)7/h8-12H2,1-7H3,(H,17,20). The van der Waals surface area contributed by atoms with E-state index in [9.17, 15) is 9.59 Å². The van der Waals surface area contributed by atoms with Gasteiger partial charge in [-0.1, -0.05) is 6.92 Å². The van der Waals surface area contributed by atoms with Crippen LogP contribution < -0.4 is 5.32 Å². The summed E-state index contributed by atoms with van der Waals surface area (Å²) in [6.45, 7) is 15.0. The van der Waals surface area contributed by atoms with Gasteiger partial charge in [-0.3, -0.25) is 9.69 Å². The maximum Gasteiger partial charge on any atom is 0.407 e. The summed E-state index contributed by atoms with van der Waals surface area (Å²) in [6, 6.07) is 0. The predicted octanol–water partition coefficient (Wildman–Crippen LogP) is 2.56. The van der Waals surface area contributed by atoms with E-state index in [0.29, 0.717) is 13.1 Å². The van der Waals surface area contributed by atoms with Crippen molar-refractivity contribution in [3.05, 3.63) is 0 Å². The van der Waals surface area contributed by atoms with Crippen molar-refractivity contribution in [2.75, 3.05) is 26.2 Å². The van der Waals surface area contributed by atoms with Crippen molar-refractivity contribution in [2.24, 2.45) is 0 Å². The second-order valence-electron chi connectivity index (χ2n) is 7.29. The molecule has 0 saturated carbocycles. The molecule has 0 aliphatic carbocycles. The third-order valence-electron chi connectivity index (χ3n) is 2.41. The largest absolute Gasteiger partial charge is 0.459 e. The Morgan fingerprint density at radius 1 is 0.955 bits per heavy atom. The van der Waals surface area contributed by atoms with E-state index in [0.717, 1.165) is 13.0 Å². The Labute approximate surface area is 134 Å². The monoisotopic (exact) mass is 316 g/mol. The van der Waals surface area contributed by atoms with Gasteiger partial charge in [-0.2, -0.15) is 0 Å². The van der Waals surface area contributed by atoms with E-state index in [1.807, 2.05) is 53.4 Å². The third kappa shape index (κ3) is 12.4. The van der Waals surface area contributed by atoms with Crippen LogP contribution in [0, 0.1) is 0 Å². The first-order chi connectivity index (χ1) is 9.93. The smallest absolute Gasteiger partial charge is 0.407 e. The van der Waals surface area contributed by atoms with Crippen LogP contribution in [0.2, 0.25) is 0 Å². The number of carbonyl (C=O) groups is 2. The molecule has 0 radical (unpaired) electrons. The normalized spacial score (nSPS) is 12.2. The van der Waals surface area contributed by atoms with Crippen molar-refractivity contribution in [3.63, 3.8) is 0 Å². The van der Waals surface area contributed by atoms with E-state index >= 15 is 0 Å². The number of nitrogens with one attached hydrogen (secondary N) is 1. The van der Waals surface area contributed by atoms with Gasteiger partial charge >= 0.3 is 12.1 Å². The van der Waals surface area contributed by atoms with Crippen LogP contribution in [-0.4, -0.2) is 54.3 Å². The predicted molar refractivity (Wildman–Crippen MR) is 86.8 cm³/mol. The molecule has 0 heterocycles. The molecule has 1 N–H and O–H groups in total. The lowest BCUT2D eigenvalue weighted by Crippen LogP contribution is -2.41. The fourth-order valence-corrected chi connectivity index (χ4v) is 1.77. The van der Waals surface area contributed by atoms with Crippen molar-refractivity contribution in [2.45, 2.75) is 66.1 Å². The molecule has 1 amide bonds. The Balaban J connectivity index is 4.20. The van der Waals surface area contributed by atoms with Crippen LogP contribution in [0.5, 0.6) is 0 Å². The zero-order valence-electron chi connectivity index (χ0n) is 15.1. The fraction of sp³-hybridized carbons (Fsp3) is 0.875. The maximum absolute atomic E-state index is 11.9. The van der Waals surface area contributed by atoms with Crippen LogP contribution in [0.15, 0.2) is 0 Å². The number of rotatable bonds is 7. The van der Waals surface area contributed by atoms with E-state index < -0.39 is 17.3 Å². The van der Waals surface area contributed by atoms with Gasteiger partial charge in [0.2, 0.25) is 0 Å². The molecule has 0 rings (SSSR count). The van der Waals surface area contributed by atoms with E-state index in [-0.39, 0.29) is 12.5 Å². The lowest BCUT2D eigenvalue weighted by molar-refractivity contribution is -0.156. The SMILES string of the molecule is CCCN(CCNC(=O)OC(C)(C)C)CC(=O)OC(C)(C)C. The number of amides is 1. The van der Waals surface area contributed by atoms with Gasteiger partial charge < -0.3 is 14.8 Å². The zero-order chi connectivity index (χ0) is 17.4. The lowest BCUT2D eigenvalue weighted by Gasteiger charge is -2.25. The van der Waals surface area contributed by atoms with Crippen molar-refractivity contribution >= 4 is 12.1 Å². The van der Waals surface area contributed by atoms with E-state index in [1.165, 1.54) is 0 Å². The van der Waals surface area contributed by atoms with E-state index in [4.69, 9.17) is 9.47 Å². The van der Waals surface area contributed by atoms with Gasteiger partial charge in [0.25, 0.3) is 0 Å². The van der Waals surface area contributed by atoms with Gasteiger partial charge in [0.1, 0.15) is 11.2 Å². The van der Waals surface area contributed by atoms with Gasteiger partial charge in [-0.05, 0) is 54.5 Å². The lowest BCUT2D eigenvalue weighted by atomic mass is 10.2. The number of carbonyl (C=O) groups excluding carboxylic acids is 2. The second kappa shape index (κ2) is 8.98. The quantitative estimate of drug-likeness (QED) is 0.731. The van der Waals surface area contributed by atoms with Crippen LogP contribution in [0.4, 0.5) is 4.79 Å². The molecule has 22 heavy (non-hydrogen) atoms. The Morgan fingerprint density at radius 2 is 1.50 bits per heavy atom. The number of nitrogens with zero attached hydrogens (tertiary/aromatic N) is 1. The fourth-order valence-electron chi connectivity index (χ4n) is 1.77. The molecular weight excluding hydrogens is 284 g/mol. The first-order valence-electron chi connectivity index (χ1n) is 7.84. The first-order valence-corrected chi connectivity index (χ1v) is 7.84. The molecule has 0 fully saturated rings. The molecule has 0 aliphatic heterocycles. The molecule has 0 bridgehead atoms. The van der Waals surface area contributed by atoms with Crippen molar-refractivity contribution in [1.82, 2.24) is 10.2 Å². The molecule has 0 aromatic heterocycles. The number of alkyl carbamates (subject to hydrolysis) is 1. The van der Waals surface area contributed by atoms with Crippen molar-refractivity contribution < 1.29 is 19.1 Å². The van der Waals surface area contributed by atoms with E-state index in [1.54, 1.807) is 0 Å². The summed E-state index contributed by atoms with van der Waals surface area (Å²) in [7, 11) is 0. The molecule has 0 spiro atoms. The summed E-state index contributed by atoms with van der Waals surface area (Å²) in [5.74, 6) is -0.252. The molecule has 0 aromatic carbocycles. The van der Waals surface area contributed by atoms with Crippen LogP contribution in [-0.2, 0) is 14.3 Å². The zero-order valence-corrected chi connectivity index (χ0v) is 15.1. The van der Waals surface area contributed by atoms with Gasteiger partial charge in [0, 0.05) is 13.1 Å². The Kier molecular flexibility index (Phi) is 8.45. The van der Waals surface area contributed by atoms with Crippen LogP contribution >= 0.6 is 0 Å². The summed E-state index contributed by atoms with van der Waals surface area (Å²) >= 11 is 0. The Morgan fingerprint density at radius 3 is 1.95 bits per heavy atom. The topological polar surface area (TPSA) is 67.9 Å². The molecule has 0 aromatic rings. The highest BCUT2D eigenvalue weighted by Gasteiger charge is 2.19.